The lowest BCUT2D eigenvalue weighted by Crippen LogP contribution is -2.22. The first-order chi connectivity index (χ1) is 18.8. The number of hydrogen-bond acceptors (Lipinski definition) is 8. The van der Waals surface area contributed by atoms with Crippen LogP contribution in [0.3, 0.4) is 0 Å². The number of nitrogens with one attached hydrogen (secondary N) is 1. The van der Waals surface area contributed by atoms with Crippen molar-refractivity contribution in [2.45, 2.75) is 40.2 Å². The SMILES string of the molecule is CCOC(=O)c1c(NC(=O)COC(=O)c2ccc3c(=O)n4c(nc3c2)CCC4)sc(C)c1-c1ccc(C)cc1. The van der Waals surface area contributed by atoms with Gasteiger partial charge in [-0.15, -0.1) is 11.3 Å². The number of aromatic nitrogens is 2. The summed E-state index contributed by atoms with van der Waals surface area (Å²) in [6.07, 6.45) is 1.57. The second-order valence-electron chi connectivity index (χ2n) is 9.27. The minimum absolute atomic E-state index is 0.125. The summed E-state index contributed by atoms with van der Waals surface area (Å²) in [5.41, 5.74) is 3.35. The predicted molar refractivity (Wildman–Crippen MR) is 148 cm³/mol. The maximum Gasteiger partial charge on any atom is 0.341 e. The van der Waals surface area contributed by atoms with Gasteiger partial charge >= 0.3 is 11.9 Å². The lowest BCUT2D eigenvalue weighted by molar-refractivity contribution is -0.119. The summed E-state index contributed by atoms with van der Waals surface area (Å²) >= 11 is 1.25. The monoisotopic (exact) mass is 545 g/mol. The number of carbonyl (C=O) groups is 3. The van der Waals surface area contributed by atoms with Crippen molar-refractivity contribution >= 4 is 45.1 Å². The van der Waals surface area contributed by atoms with Gasteiger partial charge in [-0.2, -0.15) is 0 Å². The lowest BCUT2D eigenvalue weighted by Gasteiger charge is -2.10. The first-order valence-corrected chi connectivity index (χ1v) is 13.5. The number of hydrogen-bond donors (Lipinski definition) is 1. The predicted octanol–water partition coefficient (Wildman–Crippen LogP) is 4.66. The van der Waals surface area contributed by atoms with Gasteiger partial charge in [-0.3, -0.25) is 14.2 Å². The number of fused-ring (bicyclic) bond motifs is 2. The molecule has 0 spiro atoms. The van der Waals surface area contributed by atoms with E-state index in [2.05, 4.69) is 10.3 Å². The first kappa shape index (κ1) is 26.3. The van der Waals surface area contributed by atoms with E-state index in [4.69, 9.17) is 9.47 Å². The lowest BCUT2D eigenvalue weighted by atomic mass is 10.0. The van der Waals surface area contributed by atoms with Crippen LogP contribution in [0, 0.1) is 13.8 Å². The number of nitrogens with zero attached hydrogens (tertiary/aromatic N) is 2. The number of aryl methyl sites for hydroxylation is 3. The summed E-state index contributed by atoms with van der Waals surface area (Å²) in [7, 11) is 0. The largest absolute Gasteiger partial charge is 0.462 e. The van der Waals surface area contributed by atoms with E-state index in [1.165, 1.54) is 23.5 Å². The van der Waals surface area contributed by atoms with Crippen LogP contribution in [-0.4, -0.2) is 40.6 Å². The van der Waals surface area contributed by atoms with Crippen molar-refractivity contribution in [2.24, 2.45) is 0 Å². The van der Waals surface area contributed by atoms with Crippen molar-refractivity contribution in [2.75, 3.05) is 18.5 Å². The van der Waals surface area contributed by atoms with E-state index >= 15 is 0 Å². The molecule has 3 heterocycles. The second-order valence-corrected chi connectivity index (χ2v) is 10.5. The van der Waals surface area contributed by atoms with Crippen LogP contribution in [0.2, 0.25) is 0 Å². The van der Waals surface area contributed by atoms with Gasteiger partial charge in [0.2, 0.25) is 0 Å². The van der Waals surface area contributed by atoms with E-state index in [0.717, 1.165) is 22.4 Å². The third-order valence-corrected chi connectivity index (χ3v) is 7.56. The fraction of sp³-hybridized carbons (Fsp3) is 0.276. The second kappa shape index (κ2) is 10.8. The van der Waals surface area contributed by atoms with Gasteiger partial charge in [0.25, 0.3) is 11.5 Å². The Balaban J connectivity index is 1.33. The Morgan fingerprint density at radius 3 is 2.56 bits per heavy atom. The fourth-order valence-corrected chi connectivity index (χ4v) is 5.77. The van der Waals surface area contributed by atoms with E-state index < -0.39 is 24.5 Å². The van der Waals surface area contributed by atoms with Crippen LogP contribution in [0.5, 0.6) is 0 Å². The zero-order valence-corrected chi connectivity index (χ0v) is 22.6. The first-order valence-electron chi connectivity index (χ1n) is 12.6. The Kier molecular flexibility index (Phi) is 7.30. The molecular weight excluding hydrogens is 518 g/mol. The highest BCUT2D eigenvalue weighted by atomic mass is 32.1. The standard InChI is InChI=1S/C29H27N3O6S/c1-4-37-29(36)25-24(18-9-7-16(2)8-10-18)17(3)39-26(25)31-23(33)15-38-28(35)19-11-12-20-21(14-19)30-22-6-5-13-32(22)27(20)34/h7-12,14H,4-6,13,15H2,1-3H3,(H,31,33). The average molecular weight is 546 g/mol. The molecule has 0 unspecified atom stereocenters. The molecule has 2 aromatic carbocycles. The van der Waals surface area contributed by atoms with Gasteiger partial charge in [0.15, 0.2) is 6.61 Å². The summed E-state index contributed by atoms with van der Waals surface area (Å²) < 4.78 is 12.2. The fourth-order valence-electron chi connectivity index (χ4n) is 4.69. The third-order valence-electron chi connectivity index (χ3n) is 6.54. The Bertz CT molecular complexity index is 1670. The Morgan fingerprint density at radius 2 is 1.82 bits per heavy atom. The molecule has 1 amide bonds. The molecule has 10 heteroatoms. The number of ether oxygens (including phenoxy) is 2. The van der Waals surface area contributed by atoms with Gasteiger partial charge in [0.05, 0.1) is 23.1 Å². The van der Waals surface area contributed by atoms with Gasteiger partial charge in [0, 0.05) is 23.4 Å². The normalized spacial score (nSPS) is 12.3. The van der Waals surface area contributed by atoms with Gasteiger partial charge in [-0.05, 0) is 51.0 Å². The van der Waals surface area contributed by atoms with E-state index in [9.17, 15) is 19.2 Å². The molecule has 9 nitrogen and oxygen atoms in total. The van der Waals surface area contributed by atoms with Crippen molar-refractivity contribution in [3.8, 4) is 11.1 Å². The van der Waals surface area contributed by atoms with E-state index in [1.54, 1.807) is 17.6 Å². The minimum Gasteiger partial charge on any atom is -0.462 e. The molecule has 4 aromatic rings. The third kappa shape index (κ3) is 5.20. The van der Waals surface area contributed by atoms with Crippen molar-refractivity contribution in [3.05, 3.63) is 80.2 Å². The smallest absolute Gasteiger partial charge is 0.341 e. The van der Waals surface area contributed by atoms with Crippen LogP contribution in [-0.2, 0) is 27.2 Å². The molecule has 0 saturated carbocycles. The maximum atomic E-state index is 12.9. The van der Waals surface area contributed by atoms with Gasteiger partial charge in [0.1, 0.15) is 16.4 Å². The highest BCUT2D eigenvalue weighted by molar-refractivity contribution is 7.17. The Labute approximate surface area is 228 Å². The highest BCUT2D eigenvalue weighted by Gasteiger charge is 2.26. The zero-order chi connectivity index (χ0) is 27.7. The summed E-state index contributed by atoms with van der Waals surface area (Å²) in [6.45, 7) is 5.83. The topological polar surface area (TPSA) is 117 Å². The number of thiophene rings is 1. The molecule has 0 saturated heterocycles. The van der Waals surface area contributed by atoms with Gasteiger partial charge in [-0.1, -0.05) is 29.8 Å². The number of benzene rings is 2. The molecule has 1 N–H and O–H groups in total. The average Bonchev–Trinajstić information content (AvgIpc) is 3.52. The molecular formula is C29H27N3O6S. The molecule has 0 aliphatic carbocycles. The Hall–Kier alpha value is -4.31. The van der Waals surface area contributed by atoms with Crippen LogP contribution in [0.1, 0.15) is 50.3 Å². The maximum absolute atomic E-state index is 12.9. The zero-order valence-electron chi connectivity index (χ0n) is 21.8. The summed E-state index contributed by atoms with van der Waals surface area (Å²) in [6, 6.07) is 12.3. The molecule has 0 radical (unpaired) electrons. The van der Waals surface area contributed by atoms with Crippen molar-refractivity contribution in [1.29, 1.82) is 0 Å². The summed E-state index contributed by atoms with van der Waals surface area (Å²) in [5, 5.41) is 3.46. The number of carbonyl (C=O) groups excluding carboxylic acids is 3. The molecule has 39 heavy (non-hydrogen) atoms. The molecule has 5 rings (SSSR count). The van der Waals surface area contributed by atoms with Crippen LogP contribution in [0.25, 0.3) is 22.0 Å². The van der Waals surface area contributed by atoms with Crippen molar-refractivity contribution in [3.63, 3.8) is 0 Å². The molecule has 2 aromatic heterocycles. The van der Waals surface area contributed by atoms with Crippen LogP contribution >= 0.6 is 11.3 Å². The number of esters is 2. The number of amides is 1. The molecule has 1 aliphatic rings. The summed E-state index contributed by atoms with van der Waals surface area (Å²) in [4.78, 5) is 56.4. The van der Waals surface area contributed by atoms with Crippen molar-refractivity contribution in [1.82, 2.24) is 9.55 Å². The van der Waals surface area contributed by atoms with E-state index in [1.807, 2.05) is 38.1 Å². The summed E-state index contributed by atoms with van der Waals surface area (Å²) in [5.74, 6) is -1.16. The molecule has 1 aliphatic heterocycles. The number of anilines is 1. The quantitative estimate of drug-likeness (QED) is 0.336. The van der Waals surface area contributed by atoms with Crippen molar-refractivity contribution < 1.29 is 23.9 Å². The number of rotatable bonds is 7. The van der Waals surface area contributed by atoms with Gasteiger partial charge in [-0.25, -0.2) is 14.6 Å². The molecule has 200 valence electrons. The van der Waals surface area contributed by atoms with Crippen LogP contribution in [0.4, 0.5) is 5.00 Å². The highest BCUT2D eigenvalue weighted by Crippen LogP contribution is 2.40. The minimum atomic E-state index is -0.720. The van der Waals surface area contributed by atoms with Crippen LogP contribution in [0.15, 0.2) is 47.3 Å². The Morgan fingerprint density at radius 1 is 1.05 bits per heavy atom. The van der Waals surface area contributed by atoms with Crippen LogP contribution < -0.4 is 10.9 Å². The van der Waals surface area contributed by atoms with E-state index in [-0.39, 0.29) is 23.3 Å². The molecule has 0 bridgehead atoms. The van der Waals surface area contributed by atoms with E-state index in [0.29, 0.717) is 40.3 Å². The van der Waals surface area contributed by atoms with Gasteiger partial charge < -0.3 is 14.8 Å². The molecule has 0 fully saturated rings. The molecule has 0 atom stereocenters.